The molecule has 5 aromatic rings. The highest BCUT2D eigenvalue weighted by atomic mass is 28.3. The molecule has 0 amide bonds. The van der Waals surface area contributed by atoms with Crippen LogP contribution in [0.5, 0.6) is 0 Å². The quantitative estimate of drug-likeness (QED) is 0.138. The molecule has 0 radical (unpaired) electrons. The van der Waals surface area contributed by atoms with Crippen LogP contribution in [0.4, 0.5) is 0 Å². The second-order valence-corrected chi connectivity index (χ2v) is 20.4. The van der Waals surface area contributed by atoms with Crippen LogP contribution in [0.3, 0.4) is 0 Å². The molecule has 2 atom stereocenters. The molecule has 0 N–H and O–H groups in total. The van der Waals surface area contributed by atoms with Crippen molar-refractivity contribution in [3.8, 4) is 33.6 Å². The second kappa shape index (κ2) is 12.2. The molecule has 0 bridgehead atoms. The van der Waals surface area contributed by atoms with Gasteiger partial charge < -0.3 is 0 Å². The molecule has 3 aliphatic rings. The van der Waals surface area contributed by atoms with E-state index in [9.17, 15) is 0 Å². The highest BCUT2D eigenvalue weighted by Crippen LogP contribution is 2.44. The highest BCUT2D eigenvalue weighted by molar-refractivity contribution is 6.89. The normalized spacial score (nSPS) is 19.3. The van der Waals surface area contributed by atoms with Crippen molar-refractivity contribution in [1.82, 2.24) is 0 Å². The minimum absolute atomic E-state index is 0.288. The number of pyridine rings is 2. The van der Waals surface area contributed by atoms with Crippen molar-refractivity contribution in [3.05, 3.63) is 133 Å². The van der Waals surface area contributed by atoms with Crippen molar-refractivity contribution >= 4 is 19.0 Å². The van der Waals surface area contributed by atoms with Crippen molar-refractivity contribution in [1.29, 1.82) is 0 Å². The fraction of sp³-hybridized carbons (Fsp3) is 0.318. The first-order valence-electron chi connectivity index (χ1n) is 17.9. The molecule has 4 heterocycles. The summed E-state index contributed by atoms with van der Waals surface area (Å²) in [4.78, 5) is 0. The summed E-state index contributed by atoms with van der Waals surface area (Å²) in [5.74, 6) is 1.22. The van der Waals surface area contributed by atoms with Crippen LogP contribution in [0.1, 0.15) is 67.2 Å². The van der Waals surface area contributed by atoms with Crippen molar-refractivity contribution in [2.75, 3.05) is 0 Å². The first-order chi connectivity index (χ1) is 22.8. The SMILES string of the molecule is C=C1CC2C(CCc3ccccc3-c3cc(CC4CCCC4)c([Si](C)(C)C)c[n+]31)c1ccccc1-c1cc(-c3ccccc3)cc[n+]12. The monoisotopic (exact) mass is 632 g/mol. The van der Waals surface area contributed by atoms with Crippen molar-refractivity contribution in [2.24, 2.45) is 5.92 Å². The Kier molecular flexibility index (Phi) is 7.84. The predicted octanol–water partition coefficient (Wildman–Crippen LogP) is 9.69. The van der Waals surface area contributed by atoms with Gasteiger partial charge in [0, 0.05) is 40.4 Å². The third-order valence-corrected chi connectivity index (χ3v) is 13.4. The Hall–Kier alpha value is -4.08. The van der Waals surface area contributed by atoms with Gasteiger partial charge in [0.15, 0.2) is 24.1 Å². The number of allylic oxidation sites excluding steroid dienone is 1. The van der Waals surface area contributed by atoms with Crippen LogP contribution in [-0.2, 0) is 12.8 Å². The molecule has 3 heteroatoms. The highest BCUT2D eigenvalue weighted by Gasteiger charge is 2.43. The van der Waals surface area contributed by atoms with Gasteiger partial charge in [-0.25, -0.2) is 0 Å². The van der Waals surface area contributed by atoms with Gasteiger partial charge in [-0.2, -0.15) is 9.13 Å². The zero-order valence-corrected chi connectivity index (χ0v) is 29.4. The average Bonchev–Trinajstić information content (AvgIpc) is 3.60. The molecule has 236 valence electrons. The number of rotatable bonds is 4. The van der Waals surface area contributed by atoms with E-state index >= 15 is 0 Å². The van der Waals surface area contributed by atoms with Gasteiger partial charge in [-0.3, -0.25) is 0 Å². The first kappa shape index (κ1) is 30.3. The molecule has 47 heavy (non-hydrogen) atoms. The zero-order chi connectivity index (χ0) is 32.1. The number of benzene rings is 3. The zero-order valence-electron chi connectivity index (χ0n) is 28.4. The molecule has 0 saturated heterocycles. The van der Waals surface area contributed by atoms with E-state index < -0.39 is 8.07 Å². The van der Waals surface area contributed by atoms with E-state index in [-0.39, 0.29) is 6.04 Å². The molecule has 2 nitrogen and oxygen atoms in total. The standard InChI is InChI=1S/C44H48N2Si/c1-31-26-41-40(38-20-12-13-21-39(38)43-28-35(24-25-45(41)43)33-16-6-5-7-17-33)23-22-34-18-10-11-19-37(34)42-29-36(27-32-14-8-9-15-32)44(30-46(31)42)47(2,3)4/h5-7,10-13,16-21,24-25,28-30,32,40-41H,1,8-9,14-15,22-23,26-27H2,2-4H3/q+2. The number of hydrogen-bond donors (Lipinski definition) is 0. The molecule has 3 aromatic carbocycles. The number of fused-ring (bicyclic) bond motifs is 9. The van der Waals surface area contributed by atoms with E-state index in [4.69, 9.17) is 6.58 Å². The number of nitrogens with zero attached hydrogens (tertiary/aromatic N) is 2. The summed E-state index contributed by atoms with van der Waals surface area (Å²) in [6.07, 6.45) is 14.8. The summed E-state index contributed by atoms with van der Waals surface area (Å²) < 4.78 is 5.11. The Bertz CT molecular complexity index is 1960. The fourth-order valence-corrected chi connectivity index (χ4v) is 10.6. The van der Waals surface area contributed by atoms with Crippen LogP contribution in [-0.4, -0.2) is 8.07 Å². The Morgan fingerprint density at radius 3 is 2.26 bits per heavy atom. The van der Waals surface area contributed by atoms with E-state index in [1.54, 1.807) is 10.8 Å². The van der Waals surface area contributed by atoms with Crippen LogP contribution in [0.25, 0.3) is 39.3 Å². The largest absolute Gasteiger partial charge is 0.218 e. The Morgan fingerprint density at radius 1 is 0.745 bits per heavy atom. The van der Waals surface area contributed by atoms with Gasteiger partial charge in [-0.1, -0.05) is 112 Å². The lowest BCUT2D eigenvalue weighted by molar-refractivity contribution is -0.720. The maximum atomic E-state index is 4.91. The Morgan fingerprint density at radius 2 is 1.47 bits per heavy atom. The summed E-state index contributed by atoms with van der Waals surface area (Å²) in [7, 11) is -1.63. The third-order valence-electron chi connectivity index (χ3n) is 11.3. The summed E-state index contributed by atoms with van der Waals surface area (Å²) in [5.41, 5.74) is 13.7. The van der Waals surface area contributed by atoms with Crippen molar-refractivity contribution in [2.45, 2.75) is 83.0 Å². The summed E-state index contributed by atoms with van der Waals surface area (Å²) >= 11 is 0. The second-order valence-electron chi connectivity index (χ2n) is 15.4. The Labute approximate surface area is 282 Å². The lowest BCUT2D eigenvalue weighted by Gasteiger charge is -2.31. The molecule has 1 fully saturated rings. The van der Waals surface area contributed by atoms with Gasteiger partial charge in [0.25, 0.3) is 0 Å². The number of hydrogen-bond acceptors (Lipinski definition) is 0. The van der Waals surface area contributed by atoms with Gasteiger partial charge in [-0.05, 0) is 71.7 Å². The van der Waals surface area contributed by atoms with Gasteiger partial charge in [0.2, 0.25) is 11.4 Å². The minimum Gasteiger partial charge on any atom is -0.194 e. The van der Waals surface area contributed by atoms with Crippen LogP contribution in [0.15, 0.2) is 116 Å². The topological polar surface area (TPSA) is 7.76 Å². The molecule has 2 aliphatic heterocycles. The van der Waals surface area contributed by atoms with Gasteiger partial charge in [0.05, 0.1) is 14.5 Å². The molecule has 2 unspecified atom stereocenters. The molecular weight excluding hydrogens is 585 g/mol. The molecule has 2 aromatic heterocycles. The smallest absolute Gasteiger partial charge is 0.194 e. The number of aryl methyl sites for hydroxylation is 1. The summed E-state index contributed by atoms with van der Waals surface area (Å²) in [5, 5.41) is 1.61. The van der Waals surface area contributed by atoms with Crippen molar-refractivity contribution < 1.29 is 9.13 Å². The first-order valence-corrected chi connectivity index (χ1v) is 21.4. The average molecular weight is 633 g/mol. The summed E-state index contributed by atoms with van der Waals surface area (Å²) in [6.45, 7) is 12.5. The van der Waals surface area contributed by atoms with Crippen LogP contribution < -0.4 is 14.3 Å². The van der Waals surface area contributed by atoms with Crippen LogP contribution in [0, 0.1) is 5.92 Å². The molecule has 0 spiro atoms. The maximum absolute atomic E-state index is 4.91. The molecular formula is C44H48N2Si+2. The molecule has 1 aliphatic carbocycles. The van der Waals surface area contributed by atoms with E-state index in [1.807, 2.05) is 0 Å². The third kappa shape index (κ3) is 5.63. The van der Waals surface area contributed by atoms with Gasteiger partial charge in [0.1, 0.15) is 0 Å². The van der Waals surface area contributed by atoms with Crippen molar-refractivity contribution in [3.63, 3.8) is 0 Å². The lowest BCUT2D eigenvalue weighted by Crippen LogP contribution is -2.51. The van der Waals surface area contributed by atoms with E-state index in [0.717, 1.165) is 25.2 Å². The van der Waals surface area contributed by atoms with E-state index in [0.29, 0.717) is 5.92 Å². The summed E-state index contributed by atoms with van der Waals surface area (Å²) in [6, 6.07) is 36.8. The Balaban J connectivity index is 1.29. The van der Waals surface area contributed by atoms with E-state index in [1.165, 1.54) is 82.6 Å². The minimum atomic E-state index is -1.63. The molecule has 1 saturated carbocycles. The fourth-order valence-electron chi connectivity index (χ4n) is 8.94. The predicted molar refractivity (Wildman–Crippen MR) is 198 cm³/mol. The van der Waals surface area contributed by atoms with E-state index in [2.05, 4.69) is 138 Å². The lowest BCUT2D eigenvalue weighted by atomic mass is 9.77. The van der Waals surface area contributed by atoms with Gasteiger partial charge >= 0.3 is 0 Å². The van der Waals surface area contributed by atoms with Gasteiger partial charge in [-0.15, -0.1) is 0 Å². The van der Waals surface area contributed by atoms with Crippen LogP contribution >= 0.6 is 0 Å². The maximum Gasteiger partial charge on any atom is 0.218 e. The van der Waals surface area contributed by atoms with Crippen LogP contribution in [0.2, 0.25) is 19.6 Å². The molecule has 8 rings (SSSR count). The number of aromatic nitrogens is 2.